The average molecular weight is 555 g/mol. The maximum Gasteiger partial charge on any atom is 0.573 e. The summed E-state index contributed by atoms with van der Waals surface area (Å²) >= 11 is 0. The second-order valence-electron chi connectivity index (χ2n) is 10.6. The van der Waals surface area contributed by atoms with Gasteiger partial charge in [-0.2, -0.15) is 0 Å². The van der Waals surface area contributed by atoms with Gasteiger partial charge >= 0.3 is 6.36 Å². The Bertz CT molecular complexity index is 2090. The minimum atomic E-state index is -4.73. The van der Waals surface area contributed by atoms with E-state index in [2.05, 4.69) is 109 Å². The van der Waals surface area contributed by atoms with Gasteiger partial charge in [0, 0.05) is 0 Å². The molecule has 7 rings (SSSR count). The van der Waals surface area contributed by atoms with Crippen molar-refractivity contribution < 1.29 is 17.9 Å². The molecule has 42 heavy (non-hydrogen) atoms. The van der Waals surface area contributed by atoms with Crippen LogP contribution in [0.3, 0.4) is 0 Å². The van der Waals surface area contributed by atoms with Crippen LogP contribution < -0.4 is 4.74 Å². The minimum Gasteiger partial charge on any atom is -0.406 e. The van der Waals surface area contributed by atoms with Crippen LogP contribution in [0.4, 0.5) is 13.2 Å². The van der Waals surface area contributed by atoms with E-state index < -0.39 is 6.36 Å². The highest BCUT2D eigenvalue weighted by atomic mass is 19.4. The molecule has 0 N–H and O–H groups in total. The van der Waals surface area contributed by atoms with E-state index >= 15 is 0 Å². The van der Waals surface area contributed by atoms with Crippen molar-refractivity contribution in [3.63, 3.8) is 0 Å². The molecule has 0 unspecified atom stereocenters. The van der Waals surface area contributed by atoms with Crippen LogP contribution in [-0.2, 0) is 0 Å². The molecule has 1 nitrogen and oxygen atoms in total. The Balaban J connectivity index is 1.51. The number of halogens is 3. The number of fused-ring (bicyclic) bond motifs is 3. The number of hydrogen-bond acceptors (Lipinski definition) is 1. The number of rotatable bonds is 4. The molecule has 0 atom stereocenters. The highest BCUT2D eigenvalue weighted by molar-refractivity contribution is 6.22. The largest absolute Gasteiger partial charge is 0.573 e. The number of aryl methyl sites for hydroxylation is 1. The van der Waals surface area contributed by atoms with Crippen LogP contribution in [0.2, 0.25) is 0 Å². The summed E-state index contributed by atoms with van der Waals surface area (Å²) in [7, 11) is 0. The van der Waals surface area contributed by atoms with E-state index in [0.717, 1.165) is 54.9 Å². The molecule has 0 spiro atoms. The smallest absolute Gasteiger partial charge is 0.406 e. The van der Waals surface area contributed by atoms with Gasteiger partial charge in [0.1, 0.15) is 5.75 Å². The summed E-state index contributed by atoms with van der Waals surface area (Å²) in [6.07, 6.45) is -4.73. The molecule has 0 bridgehead atoms. The van der Waals surface area contributed by atoms with Crippen molar-refractivity contribution in [2.45, 2.75) is 13.3 Å². The van der Waals surface area contributed by atoms with Gasteiger partial charge in [0.25, 0.3) is 0 Å². The quantitative estimate of drug-likeness (QED) is 0.197. The van der Waals surface area contributed by atoms with Crippen LogP contribution in [0.25, 0.3) is 65.7 Å². The third-order valence-electron chi connectivity index (χ3n) is 7.82. The second kappa shape index (κ2) is 10.1. The van der Waals surface area contributed by atoms with E-state index in [4.69, 9.17) is 0 Å². The van der Waals surface area contributed by atoms with E-state index in [1.165, 1.54) is 28.5 Å². The maximum atomic E-state index is 12.7. The van der Waals surface area contributed by atoms with Crippen LogP contribution >= 0.6 is 0 Å². The topological polar surface area (TPSA) is 9.23 Å². The molecule has 0 saturated heterocycles. The van der Waals surface area contributed by atoms with Gasteiger partial charge in [-0.15, -0.1) is 13.2 Å². The lowest BCUT2D eigenvalue weighted by atomic mass is 9.84. The third-order valence-corrected chi connectivity index (χ3v) is 7.82. The Labute approximate surface area is 241 Å². The molecule has 0 aromatic heterocycles. The summed E-state index contributed by atoms with van der Waals surface area (Å²) < 4.78 is 42.3. The molecular formula is C38H25F3O. The fraction of sp³-hybridized carbons (Fsp3) is 0.0526. The highest BCUT2D eigenvalue weighted by Crippen LogP contribution is 2.45. The Morgan fingerprint density at radius 2 is 1.00 bits per heavy atom. The highest BCUT2D eigenvalue weighted by Gasteiger charge is 2.31. The molecule has 0 heterocycles. The Hall–Kier alpha value is -5.09. The number of ether oxygens (including phenoxy) is 1. The molecule has 0 radical (unpaired) electrons. The van der Waals surface area contributed by atoms with Gasteiger partial charge in [0.15, 0.2) is 0 Å². The van der Waals surface area contributed by atoms with Crippen molar-refractivity contribution >= 4 is 32.3 Å². The molecule has 0 aliphatic carbocycles. The van der Waals surface area contributed by atoms with E-state index in [1.807, 2.05) is 12.1 Å². The number of benzene rings is 7. The van der Waals surface area contributed by atoms with Crippen molar-refractivity contribution in [1.29, 1.82) is 0 Å². The van der Waals surface area contributed by atoms with E-state index in [1.54, 1.807) is 12.1 Å². The molecular weight excluding hydrogens is 529 g/mol. The van der Waals surface area contributed by atoms with Crippen LogP contribution in [0.1, 0.15) is 5.56 Å². The maximum absolute atomic E-state index is 12.7. The summed E-state index contributed by atoms with van der Waals surface area (Å²) in [5.41, 5.74) is 7.43. The summed E-state index contributed by atoms with van der Waals surface area (Å²) in [5, 5.41) is 6.86. The Morgan fingerprint density at radius 1 is 0.452 bits per heavy atom. The fourth-order valence-corrected chi connectivity index (χ4v) is 5.89. The van der Waals surface area contributed by atoms with E-state index in [0.29, 0.717) is 0 Å². The molecule has 4 heteroatoms. The Kier molecular flexibility index (Phi) is 6.20. The van der Waals surface area contributed by atoms with E-state index in [9.17, 15) is 13.2 Å². The zero-order chi connectivity index (χ0) is 28.8. The van der Waals surface area contributed by atoms with Crippen LogP contribution in [0.15, 0.2) is 133 Å². The SMILES string of the molecule is Cc1ccc(-c2c3ccccc3c(-c3ccc4ccccc4c3)c3ccc(-c4ccc(OC(F)(F)F)cc4)cc23)cc1. The monoisotopic (exact) mass is 554 g/mol. The van der Waals surface area contributed by atoms with Crippen LogP contribution in [-0.4, -0.2) is 6.36 Å². The zero-order valence-electron chi connectivity index (χ0n) is 22.7. The van der Waals surface area contributed by atoms with Gasteiger partial charge in [-0.05, 0) is 96.9 Å². The van der Waals surface area contributed by atoms with Gasteiger partial charge in [-0.25, -0.2) is 0 Å². The van der Waals surface area contributed by atoms with Crippen molar-refractivity contribution in [3.05, 3.63) is 139 Å². The average Bonchev–Trinajstić information content (AvgIpc) is 2.99. The normalized spacial score (nSPS) is 11.8. The first-order valence-electron chi connectivity index (χ1n) is 13.7. The van der Waals surface area contributed by atoms with Gasteiger partial charge in [0.05, 0.1) is 0 Å². The number of alkyl halides is 3. The van der Waals surface area contributed by atoms with Crippen molar-refractivity contribution in [3.8, 4) is 39.1 Å². The predicted octanol–water partition coefficient (Wildman–Crippen LogP) is 11.4. The summed E-state index contributed by atoms with van der Waals surface area (Å²) in [5.74, 6) is -0.239. The second-order valence-corrected chi connectivity index (χ2v) is 10.6. The van der Waals surface area contributed by atoms with Crippen LogP contribution in [0.5, 0.6) is 5.75 Å². The van der Waals surface area contributed by atoms with Gasteiger partial charge in [0.2, 0.25) is 0 Å². The lowest BCUT2D eigenvalue weighted by Gasteiger charge is -2.19. The molecule has 0 aliphatic rings. The van der Waals surface area contributed by atoms with Gasteiger partial charge < -0.3 is 4.74 Å². The lowest BCUT2D eigenvalue weighted by Crippen LogP contribution is -2.16. The van der Waals surface area contributed by atoms with Crippen molar-refractivity contribution in [2.24, 2.45) is 0 Å². The van der Waals surface area contributed by atoms with E-state index in [-0.39, 0.29) is 5.75 Å². The third kappa shape index (κ3) is 4.75. The first kappa shape index (κ1) is 25.8. The van der Waals surface area contributed by atoms with Gasteiger partial charge in [-0.1, -0.05) is 115 Å². The molecule has 0 aliphatic heterocycles. The van der Waals surface area contributed by atoms with Crippen LogP contribution in [0, 0.1) is 6.92 Å². The summed E-state index contributed by atoms with van der Waals surface area (Å²) in [4.78, 5) is 0. The predicted molar refractivity (Wildman–Crippen MR) is 167 cm³/mol. The summed E-state index contributed by atoms with van der Waals surface area (Å²) in [6, 6.07) is 44.4. The first-order chi connectivity index (χ1) is 20.3. The summed E-state index contributed by atoms with van der Waals surface area (Å²) in [6.45, 7) is 2.08. The Morgan fingerprint density at radius 3 is 1.69 bits per heavy atom. The molecule has 7 aromatic rings. The molecule has 204 valence electrons. The van der Waals surface area contributed by atoms with Crippen molar-refractivity contribution in [1.82, 2.24) is 0 Å². The molecule has 0 fully saturated rings. The zero-order valence-corrected chi connectivity index (χ0v) is 22.7. The fourth-order valence-electron chi connectivity index (χ4n) is 5.89. The molecule has 0 saturated carbocycles. The molecule has 7 aromatic carbocycles. The lowest BCUT2D eigenvalue weighted by molar-refractivity contribution is -0.274. The number of hydrogen-bond donors (Lipinski definition) is 0. The standard InChI is InChI=1S/C38H25F3O/c1-24-10-12-27(13-11-24)36-32-8-4-5-9-33(32)37(30-15-14-25-6-2-3-7-28(25)22-30)34-21-18-29(23-35(34)36)26-16-19-31(20-17-26)42-38(39,40)41/h2-23H,1H3. The van der Waals surface area contributed by atoms with Crippen molar-refractivity contribution in [2.75, 3.05) is 0 Å². The first-order valence-corrected chi connectivity index (χ1v) is 13.7. The van der Waals surface area contributed by atoms with Gasteiger partial charge in [-0.3, -0.25) is 0 Å². The minimum absolute atomic E-state index is 0.239. The molecule has 0 amide bonds.